The first-order valence-electron chi connectivity index (χ1n) is 5.67. The van der Waals surface area contributed by atoms with Crippen LogP contribution < -0.4 is 5.32 Å². The minimum absolute atomic E-state index is 0.222. The molecule has 1 N–H and O–H groups in total. The quantitative estimate of drug-likeness (QED) is 0.904. The number of hydrogen-bond donors (Lipinski definition) is 1. The van der Waals surface area contributed by atoms with Crippen LogP contribution in [0.1, 0.15) is 21.7 Å². The Morgan fingerprint density at radius 2 is 2.11 bits per heavy atom. The molecule has 100 valence electrons. The van der Waals surface area contributed by atoms with Crippen LogP contribution in [0.25, 0.3) is 0 Å². The fraction of sp³-hybridized carbons (Fsp3) is 0.231. The lowest BCUT2D eigenvalue weighted by molar-refractivity contribution is 0.101. The summed E-state index contributed by atoms with van der Waals surface area (Å²) in [6, 6.07) is 5.40. The molecule has 4 nitrogen and oxygen atoms in total. The van der Waals surface area contributed by atoms with Gasteiger partial charge < -0.3 is 5.32 Å². The predicted octanol–water partition coefficient (Wildman–Crippen LogP) is 3.71. The number of hydrogen-bond acceptors (Lipinski definition) is 2. The summed E-state index contributed by atoms with van der Waals surface area (Å²) in [4.78, 5) is 12.3. The maximum absolute atomic E-state index is 12.3. The number of rotatable bonds is 2. The van der Waals surface area contributed by atoms with E-state index in [2.05, 4.69) is 26.3 Å². The second kappa shape index (κ2) is 5.35. The second-order valence-electron chi connectivity index (χ2n) is 4.24. The van der Waals surface area contributed by atoms with Crippen molar-refractivity contribution in [3.63, 3.8) is 0 Å². The summed E-state index contributed by atoms with van der Waals surface area (Å²) in [5, 5.41) is 7.67. The van der Waals surface area contributed by atoms with Crippen molar-refractivity contribution >= 4 is 39.1 Å². The van der Waals surface area contributed by atoms with Gasteiger partial charge in [0.1, 0.15) is 5.69 Å². The molecule has 0 saturated carbocycles. The van der Waals surface area contributed by atoms with Crippen molar-refractivity contribution in [1.82, 2.24) is 9.78 Å². The zero-order valence-electron chi connectivity index (χ0n) is 10.8. The molecule has 0 saturated heterocycles. The fourth-order valence-corrected chi connectivity index (χ4v) is 2.49. The van der Waals surface area contributed by atoms with Gasteiger partial charge in [-0.25, -0.2) is 0 Å². The van der Waals surface area contributed by atoms with Gasteiger partial charge in [-0.3, -0.25) is 9.48 Å². The SMILES string of the molecule is Cc1nn(C)c(C(=O)Nc2cccc(Cl)c2C)c1Br. The largest absolute Gasteiger partial charge is 0.320 e. The van der Waals surface area contributed by atoms with Crippen molar-refractivity contribution in [2.75, 3.05) is 5.32 Å². The number of nitrogens with one attached hydrogen (secondary N) is 1. The number of nitrogens with zero attached hydrogens (tertiary/aromatic N) is 2. The number of anilines is 1. The van der Waals surface area contributed by atoms with E-state index in [1.54, 1.807) is 23.9 Å². The van der Waals surface area contributed by atoms with Crippen LogP contribution in [0, 0.1) is 13.8 Å². The van der Waals surface area contributed by atoms with Gasteiger partial charge >= 0.3 is 0 Å². The van der Waals surface area contributed by atoms with E-state index in [0.717, 1.165) is 11.3 Å². The summed E-state index contributed by atoms with van der Waals surface area (Å²) in [6.07, 6.45) is 0. The third-order valence-corrected chi connectivity index (χ3v) is 4.24. The number of halogens is 2. The summed E-state index contributed by atoms with van der Waals surface area (Å²) >= 11 is 9.41. The Kier molecular flexibility index (Phi) is 3.96. The number of aromatic nitrogens is 2. The Morgan fingerprint density at radius 1 is 1.42 bits per heavy atom. The third-order valence-electron chi connectivity index (χ3n) is 2.88. The average Bonchev–Trinajstić information content (AvgIpc) is 2.59. The molecule has 0 fully saturated rings. The van der Waals surface area contributed by atoms with Gasteiger partial charge in [-0.2, -0.15) is 5.10 Å². The number of amides is 1. The van der Waals surface area contributed by atoms with Gasteiger partial charge in [0, 0.05) is 17.8 Å². The summed E-state index contributed by atoms with van der Waals surface area (Å²) in [5.74, 6) is -0.222. The maximum atomic E-state index is 12.3. The van der Waals surface area contributed by atoms with Crippen molar-refractivity contribution in [2.24, 2.45) is 7.05 Å². The highest BCUT2D eigenvalue weighted by Crippen LogP contribution is 2.25. The summed E-state index contributed by atoms with van der Waals surface area (Å²) in [5.41, 5.74) is 2.79. The lowest BCUT2D eigenvalue weighted by Crippen LogP contribution is -2.17. The van der Waals surface area contributed by atoms with Crippen LogP contribution in [-0.2, 0) is 7.05 Å². The van der Waals surface area contributed by atoms with Crippen molar-refractivity contribution in [3.05, 3.63) is 44.6 Å². The average molecular weight is 343 g/mol. The van der Waals surface area contributed by atoms with Gasteiger partial charge in [-0.15, -0.1) is 0 Å². The molecule has 1 aromatic carbocycles. The highest BCUT2D eigenvalue weighted by Gasteiger charge is 2.19. The van der Waals surface area contributed by atoms with Crippen molar-refractivity contribution in [2.45, 2.75) is 13.8 Å². The van der Waals surface area contributed by atoms with Crippen LogP contribution in [0.4, 0.5) is 5.69 Å². The molecule has 0 spiro atoms. The molecule has 6 heteroatoms. The Morgan fingerprint density at radius 3 is 2.68 bits per heavy atom. The number of benzene rings is 1. The van der Waals surface area contributed by atoms with E-state index in [-0.39, 0.29) is 5.91 Å². The molecule has 0 aliphatic rings. The molecule has 2 rings (SSSR count). The van der Waals surface area contributed by atoms with Crippen LogP contribution in [0.3, 0.4) is 0 Å². The van der Waals surface area contributed by atoms with Gasteiger partial charge in [0.2, 0.25) is 0 Å². The molecule has 0 aliphatic carbocycles. The maximum Gasteiger partial charge on any atom is 0.275 e. The summed E-state index contributed by atoms with van der Waals surface area (Å²) in [6.45, 7) is 3.70. The monoisotopic (exact) mass is 341 g/mol. The standard InChI is InChI=1S/C13H13BrClN3O/c1-7-9(15)5-4-6-10(7)16-13(19)12-11(14)8(2)17-18(12)3/h4-6H,1-3H3,(H,16,19). The molecule has 0 radical (unpaired) electrons. The van der Waals surface area contributed by atoms with Crippen molar-refractivity contribution in [1.29, 1.82) is 0 Å². The first-order valence-corrected chi connectivity index (χ1v) is 6.84. The zero-order chi connectivity index (χ0) is 14.2. The molecule has 0 aliphatic heterocycles. The van der Waals surface area contributed by atoms with E-state index in [4.69, 9.17) is 11.6 Å². The molecule has 0 bridgehead atoms. The first kappa shape index (κ1) is 14.1. The molecular weight excluding hydrogens is 330 g/mol. The van der Waals surface area contributed by atoms with Crippen LogP contribution in [-0.4, -0.2) is 15.7 Å². The number of carbonyl (C=O) groups is 1. The Hall–Kier alpha value is -1.33. The summed E-state index contributed by atoms with van der Waals surface area (Å²) < 4.78 is 2.25. The molecule has 0 atom stereocenters. The van der Waals surface area contributed by atoms with E-state index in [1.165, 1.54) is 0 Å². The fourth-order valence-electron chi connectivity index (χ4n) is 1.80. The lowest BCUT2D eigenvalue weighted by Gasteiger charge is -2.09. The minimum atomic E-state index is -0.222. The van der Waals surface area contributed by atoms with Crippen molar-refractivity contribution in [3.8, 4) is 0 Å². The number of aryl methyl sites for hydroxylation is 2. The van der Waals surface area contributed by atoms with Crippen LogP contribution in [0.5, 0.6) is 0 Å². The van der Waals surface area contributed by atoms with Gasteiger partial charge in [-0.1, -0.05) is 17.7 Å². The van der Waals surface area contributed by atoms with Gasteiger partial charge in [0.25, 0.3) is 5.91 Å². The summed E-state index contributed by atoms with van der Waals surface area (Å²) in [7, 11) is 1.73. The predicted molar refractivity (Wildman–Crippen MR) is 79.8 cm³/mol. The topological polar surface area (TPSA) is 46.9 Å². The molecule has 2 aromatic rings. The van der Waals surface area contributed by atoms with Crippen LogP contribution in [0.2, 0.25) is 5.02 Å². The third kappa shape index (κ3) is 2.67. The van der Waals surface area contributed by atoms with Crippen LogP contribution in [0.15, 0.2) is 22.7 Å². The first-order chi connectivity index (χ1) is 8.91. The number of carbonyl (C=O) groups excluding carboxylic acids is 1. The Balaban J connectivity index is 2.34. The minimum Gasteiger partial charge on any atom is -0.320 e. The molecule has 1 heterocycles. The highest BCUT2D eigenvalue weighted by atomic mass is 79.9. The van der Waals surface area contributed by atoms with E-state index in [9.17, 15) is 4.79 Å². The van der Waals surface area contributed by atoms with E-state index >= 15 is 0 Å². The van der Waals surface area contributed by atoms with Gasteiger partial charge in [0.05, 0.1) is 10.2 Å². The van der Waals surface area contributed by atoms with Crippen molar-refractivity contribution < 1.29 is 4.79 Å². The highest BCUT2D eigenvalue weighted by molar-refractivity contribution is 9.10. The normalized spacial score (nSPS) is 10.6. The molecular formula is C13H13BrClN3O. The Bertz CT molecular complexity index is 652. The van der Waals surface area contributed by atoms with Crippen LogP contribution >= 0.6 is 27.5 Å². The second-order valence-corrected chi connectivity index (χ2v) is 5.44. The van der Waals surface area contributed by atoms with E-state index < -0.39 is 0 Å². The zero-order valence-corrected chi connectivity index (χ0v) is 13.1. The lowest BCUT2D eigenvalue weighted by atomic mass is 10.2. The molecule has 19 heavy (non-hydrogen) atoms. The Labute approximate surface area is 124 Å². The smallest absolute Gasteiger partial charge is 0.275 e. The van der Waals surface area contributed by atoms with E-state index in [1.807, 2.05) is 19.9 Å². The molecule has 1 amide bonds. The molecule has 1 aromatic heterocycles. The van der Waals surface area contributed by atoms with Gasteiger partial charge in [0.15, 0.2) is 0 Å². The van der Waals surface area contributed by atoms with Gasteiger partial charge in [-0.05, 0) is 47.5 Å². The van der Waals surface area contributed by atoms with E-state index in [0.29, 0.717) is 20.9 Å². The molecule has 0 unspecified atom stereocenters.